The van der Waals surface area contributed by atoms with Crippen LogP contribution in [0.1, 0.15) is 50.0 Å². The maximum absolute atomic E-state index is 12.2. The summed E-state index contributed by atoms with van der Waals surface area (Å²) in [6, 6.07) is 11.3. The molecule has 116 valence electrons. The molecule has 0 radical (unpaired) electrons. The van der Waals surface area contributed by atoms with Gasteiger partial charge in [0, 0.05) is 24.4 Å². The first kappa shape index (κ1) is 16.3. The molecule has 1 amide bonds. The topological polar surface area (TPSA) is 41.1 Å². The van der Waals surface area contributed by atoms with Crippen LogP contribution in [0.15, 0.2) is 30.3 Å². The molecule has 0 spiro atoms. The van der Waals surface area contributed by atoms with Gasteiger partial charge in [-0.05, 0) is 37.8 Å². The van der Waals surface area contributed by atoms with E-state index in [4.69, 9.17) is 0 Å². The molecule has 3 rings (SSSR count). The van der Waals surface area contributed by atoms with Gasteiger partial charge >= 0.3 is 0 Å². The SMILES string of the molecule is Cl.O=C(CC1CCCN1)NC1CCCC1c1ccccc1. The second kappa shape index (κ2) is 7.81. The molecule has 21 heavy (non-hydrogen) atoms. The second-order valence-corrected chi connectivity index (χ2v) is 6.12. The Hall–Kier alpha value is -1.06. The lowest BCUT2D eigenvalue weighted by Crippen LogP contribution is -2.39. The lowest BCUT2D eigenvalue weighted by atomic mass is 9.94. The minimum absolute atomic E-state index is 0. The van der Waals surface area contributed by atoms with Gasteiger partial charge in [0.1, 0.15) is 0 Å². The van der Waals surface area contributed by atoms with Crippen LogP contribution >= 0.6 is 12.4 Å². The summed E-state index contributed by atoms with van der Waals surface area (Å²) in [6.07, 6.45) is 6.50. The number of benzene rings is 1. The van der Waals surface area contributed by atoms with Gasteiger partial charge in [-0.25, -0.2) is 0 Å². The zero-order valence-corrected chi connectivity index (χ0v) is 13.2. The van der Waals surface area contributed by atoms with Gasteiger partial charge in [0.15, 0.2) is 0 Å². The van der Waals surface area contributed by atoms with Crippen LogP contribution in [0.5, 0.6) is 0 Å². The summed E-state index contributed by atoms with van der Waals surface area (Å²) in [5.41, 5.74) is 1.37. The quantitative estimate of drug-likeness (QED) is 0.898. The van der Waals surface area contributed by atoms with E-state index in [2.05, 4.69) is 41.0 Å². The highest BCUT2D eigenvalue weighted by molar-refractivity contribution is 5.85. The number of carbonyl (C=O) groups is 1. The van der Waals surface area contributed by atoms with Crippen molar-refractivity contribution < 1.29 is 4.79 Å². The lowest BCUT2D eigenvalue weighted by molar-refractivity contribution is -0.122. The molecular weight excluding hydrogens is 284 g/mol. The molecule has 1 aromatic carbocycles. The van der Waals surface area contributed by atoms with Crippen molar-refractivity contribution in [2.45, 2.75) is 56.5 Å². The van der Waals surface area contributed by atoms with Crippen molar-refractivity contribution in [1.29, 1.82) is 0 Å². The van der Waals surface area contributed by atoms with Crippen LogP contribution in [0.3, 0.4) is 0 Å². The molecule has 3 nitrogen and oxygen atoms in total. The van der Waals surface area contributed by atoms with Gasteiger partial charge in [-0.2, -0.15) is 0 Å². The average molecular weight is 309 g/mol. The normalized spacial score (nSPS) is 28.1. The van der Waals surface area contributed by atoms with Crippen molar-refractivity contribution >= 4 is 18.3 Å². The van der Waals surface area contributed by atoms with E-state index in [0.29, 0.717) is 24.4 Å². The number of halogens is 1. The van der Waals surface area contributed by atoms with Crippen molar-refractivity contribution in [1.82, 2.24) is 10.6 Å². The Morgan fingerprint density at radius 3 is 2.67 bits per heavy atom. The highest BCUT2D eigenvalue weighted by atomic mass is 35.5. The number of hydrogen-bond acceptors (Lipinski definition) is 2. The highest BCUT2D eigenvalue weighted by Crippen LogP contribution is 2.34. The van der Waals surface area contributed by atoms with Crippen LogP contribution in [0.25, 0.3) is 0 Å². The third-order valence-corrected chi connectivity index (χ3v) is 4.68. The van der Waals surface area contributed by atoms with Gasteiger partial charge < -0.3 is 10.6 Å². The van der Waals surface area contributed by atoms with Crippen LogP contribution in [-0.2, 0) is 4.79 Å². The monoisotopic (exact) mass is 308 g/mol. The van der Waals surface area contributed by atoms with E-state index in [0.717, 1.165) is 19.4 Å². The summed E-state index contributed by atoms with van der Waals surface area (Å²) in [5, 5.41) is 6.67. The molecule has 0 aromatic heterocycles. The average Bonchev–Trinajstić information content (AvgIpc) is 3.11. The Morgan fingerprint density at radius 1 is 1.14 bits per heavy atom. The molecule has 1 saturated heterocycles. The minimum atomic E-state index is 0. The second-order valence-electron chi connectivity index (χ2n) is 6.12. The summed E-state index contributed by atoms with van der Waals surface area (Å²) in [7, 11) is 0. The van der Waals surface area contributed by atoms with Crippen LogP contribution in [-0.4, -0.2) is 24.5 Å². The van der Waals surface area contributed by atoms with Gasteiger partial charge in [-0.3, -0.25) is 4.79 Å². The first-order chi connectivity index (χ1) is 9.83. The summed E-state index contributed by atoms with van der Waals surface area (Å²) in [6.45, 7) is 1.06. The number of nitrogens with one attached hydrogen (secondary N) is 2. The van der Waals surface area contributed by atoms with Crippen LogP contribution in [0, 0.1) is 0 Å². The summed E-state index contributed by atoms with van der Waals surface area (Å²) in [4.78, 5) is 12.2. The molecule has 4 heteroatoms. The molecule has 1 heterocycles. The van der Waals surface area contributed by atoms with Crippen LogP contribution < -0.4 is 10.6 Å². The van der Waals surface area contributed by atoms with Crippen molar-refractivity contribution in [2.75, 3.05) is 6.54 Å². The molecule has 1 aromatic rings. The van der Waals surface area contributed by atoms with E-state index in [-0.39, 0.29) is 18.3 Å². The van der Waals surface area contributed by atoms with E-state index in [9.17, 15) is 4.79 Å². The van der Waals surface area contributed by atoms with Crippen LogP contribution in [0.4, 0.5) is 0 Å². The molecule has 3 atom stereocenters. The van der Waals surface area contributed by atoms with E-state index in [1.54, 1.807) is 0 Å². The van der Waals surface area contributed by atoms with Crippen molar-refractivity contribution in [3.05, 3.63) is 35.9 Å². The zero-order valence-electron chi connectivity index (χ0n) is 12.4. The first-order valence-electron chi connectivity index (χ1n) is 7.90. The van der Waals surface area contributed by atoms with E-state index in [1.165, 1.54) is 24.8 Å². The van der Waals surface area contributed by atoms with Gasteiger partial charge in [-0.15, -0.1) is 12.4 Å². The molecule has 2 fully saturated rings. The first-order valence-corrected chi connectivity index (χ1v) is 7.90. The fourth-order valence-electron chi connectivity index (χ4n) is 3.65. The van der Waals surface area contributed by atoms with E-state index >= 15 is 0 Å². The summed E-state index contributed by atoms with van der Waals surface area (Å²) in [5.74, 6) is 0.717. The standard InChI is InChI=1S/C17H24N2O.ClH/c20-17(12-14-8-5-11-18-14)19-16-10-4-9-15(16)13-6-2-1-3-7-13;/h1-3,6-7,14-16,18H,4-5,8-12H2,(H,19,20);1H. The van der Waals surface area contributed by atoms with Crippen molar-refractivity contribution in [2.24, 2.45) is 0 Å². The Morgan fingerprint density at radius 2 is 1.95 bits per heavy atom. The third kappa shape index (κ3) is 4.21. The largest absolute Gasteiger partial charge is 0.353 e. The Balaban J connectivity index is 0.00000161. The predicted octanol–water partition coefficient (Wildman–Crippen LogP) is 3.00. The molecule has 1 saturated carbocycles. The molecule has 1 aliphatic carbocycles. The minimum Gasteiger partial charge on any atom is -0.353 e. The Kier molecular flexibility index (Phi) is 6.07. The Labute approximate surface area is 133 Å². The van der Waals surface area contributed by atoms with Crippen molar-refractivity contribution in [3.8, 4) is 0 Å². The third-order valence-electron chi connectivity index (χ3n) is 4.68. The number of hydrogen-bond donors (Lipinski definition) is 2. The molecular formula is C17H25ClN2O. The van der Waals surface area contributed by atoms with Crippen molar-refractivity contribution in [3.63, 3.8) is 0 Å². The van der Waals surface area contributed by atoms with Gasteiger partial charge in [-0.1, -0.05) is 36.8 Å². The smallest absolute Gasteiger partial charge is 0.221 e. The molecule has 2 aliphatic rings. The maximum Gasteiger partial charge on any atom is 0.221 e. The maximum atomic E-state index is 12.2. The van der Waals surface area contributed by atoms with Gasteiger partial charge in [0.25, 0.3) is 0 Å². The highest BCUT2D eigenvalue weighted by Gasteiger charge is 2.30. The zero-order chi connectivity index (χ0) is 13.8. The molecule has 1 aliphatic heterocycles. The fourth-order valence-corrected chi connectivity index (χ4v) is 3.65. The number of amides is 1. The van der Waals surface area contributed by atoms with Crippen LogP contribution in [0.2, 0.25) is 0 Å². The Bertz CT molecular complexity index is 445. The van der Waals surface area contributed by atoms with E-state index in [1.807, 2.05) is 0 Å². The molecule has 0 bridgehead atoms. The van der Waals surface area contributed by atoms with E-state index < -0.39 is 0 Å². The molecule has 3 unspecified atom stereocenters. The summed E-state index contributed by atoms with van der Waals surface area (Å²) >= 11 is 0. The lowest BCUT2D eigenvalue weighted by Gasteiger charge is -2.22. The predicted molar refractivity (Wildman–Crippen MR) is 87.9 cm³/mol. The summed E-state index contributed by atoms with van der Waals surface area (Å²) < 4.78 is 0. The van der Waals surface area contributed by atoms with Gasteiger partial charge in [0.2, 0.25) is 5.91 Å². The number of carbonyl (C=O) groups excluding carboxylic acids is 1. The van der Waals surface area contributed by atoms with Gasteiger partial charge in [0.05, 0.1) is 0 Å². The molecule has 2 N–H and O–H groups in total. The fraction of sp³-hybridized carbons (Fsp3) is 0.588. The number of rotatable bonds is 4.